The van der Waals surface area contributed by atoms with Crippen molar-refractivity contribution in [3.05, 3.63) is 22.7 Å². The highest BCUT2D eigenvalue weighted by atomic mass is 35.5. The minimum atomic E-state index is -1.32. The summed E-state index contributed by atoms with van der Waals surface area (Å²) in [6.07, 6.45) is 4.70. The highest BCUT2D eigenvalue weighted by Gasteiger charge is 2.15. The van der Waals surface area contributed by atoms with Crippen LogP contribution in [0, 0.1) is 0 Å². The summed E-state index contributed by atoms with van der Waals surface area (Å²) in [5.74, 6) is 0. The molecule has 0 saturated heterocycles. The molecule has 0 saturated carbocycles. The van der Waals surface area contributed by atoms with E-state index in [0.717, 1.165) is 5.03 Å². The Labute approximate surface area is 65.0 Å². The first-order valence-electron chi connectivity index (χ1n) is 3.11. The average Bonchev–Trinajstić information content (AvgIpc) is 1.88. The van der Waals surface area contributed by atoms with Crippen molar-refractivity contribution in [2.45, 2.75) is 12.8 Å². The minimum Gasteiger partial charge on any atom is -0.423 e. The van der Waals surface area contributed by atoms with Crippen LogP contribution in [0.15, 0.2) is 22.7 Å². The average molecular weight is 158 g/mol. The minimum absolute atomic E-state index is 0.629. The fourth-order valence-corrected chi connectivity index (χ4v) is 1.00. The normalized spacial score (nSPS) is 17.9. The largest absolute Gasteiger partial charge is 0.484 e. The van der Waals surface area contributed by atoms with Crippen LogP contribution in [0.4, 0.5) is 0 Å². The van der Waals surface area contributed by atoms with Crippen LogP contribution in [0.2, 0.25) is 0 Å². The molecule has 0 aromatic rings. The van der Waals surface area contributed by atoms with Crippen molar-refractivity contribution in [1.29, 1.82) is 0 Å². The molecule has 2 nitrogen and oxygen atoms in total. The van der Waals surface area contributed by atoms with Gasteiger partial charge in [0.05, 0.1) is 0 Å². The molecule has 0 unspecified atom stereocenters. The van der Waals surface area contributed by atoms with E-state index < -0.39 is 7.12 Å². The zero-order valence-corrected chi connectivity index (χ0v) is 6.17. The second-order valence-electron chi connectivity index (χ2n) is 2.23. The molecule has 0 aromatic carbocycles. The van der Waals surface area contributed by atoms with E-state index in [2.05, 4.69) is 0 Å². The second-order valence-corrected chi connectivity index (χ2v) is 2.71. The molecule has 0 bridgehead atoms. The van der Waals surface area contributed by atoms with Gasteiger partial charge in [-0.3, -0.25) is 0 Å². The van der Waals surface area contributed by atoms with Gasteiger partial charge in [-0.1, -0.05) is 17.7 Å². The lowest BCUT2D eigenvalue weighted by atomic mass is 9.75. The zero-order valence-electron chi connectivity index (χ0n) is 5.42. The highest BCUT2D eigenvalue weighted by molar-refractivity contribution is 6.50. The van der Waals surface area contributed by atoms with Crippen LogP contribution < -0.4 is 0 Å². The molecule has 0 amide bonds. The Morgan fingerprint density at radius 3 is 2.40 bits per heavy atom. The van der Waals surface area contributed by atoms with Crippen LogP contribution in [0.3, 0.4) is 0 Å². The molecule has 4 heteroatoms. The van der Waals surface area contributed by atoms with Gasteiger partial charge in [-0.05, 0) is 24.4 Å². The molecule has 1 rings (SSSR count). The van der Waals surface area contributed by atoms with E-state index in [1.165, 1.54) is 0 Å². The molecule has 1 aliphatic rings. The fourth-order valence-electron chi connectivity index (χ4n) is 0.843. The summed E-state index contributed by atoms with van der Waals surface area (Å²) in [5, 5.41) is 18.1. The maximum absolute atomic E-state index is 8.68. The lowest BCUT2D eigenvalue weighted by molar-refractivity contribution is 0.416. The van der Waals surface area contributed by atoms with Gasteiger partial charge in [0.1, 0.15) is 0 Å². The van der Waals surface area contributed by atoms with Gasteiger partial charge in [0, 0.05) is 5.03 Å². The molecular formula is C6H8BClO2. The molecule has 0 aromatic heterocycles. The topological polar surface area (TPSA) is 40.5 Å². The number of hydrogen-bond acceptors (Lipinski definition) is 2. The molecule has 0 spiro atoms. The molecule has 0 atom stereocenters. The zero-order chi connectivity index (χ0) is 7.56. The van der Waals surface area contributed by atoms with Gasteiger partial charge in [-0.25, -0.2) is 0 Å². The summed E-state index contributed by atoms with van der Waals surface area (Å²) in [5.41, 5.74) is 0.629. The van der Waals surface area contributed by atoms with Gasteiger partial charge in [0.25, 0.3) is 0 Å². The van der Waals surface area contributed by atoms with Crippen molar-refractivity contribution in [3.63, 3.8) is 0 Å². The molecular weight excluding hydrogens is 150 g/mol. The SMILES string of the molecule is OB(O)C1=CC=C(Cl)CC1. The number of allylic oxidation sites excluding steroid dienone is 4. The molecule has 10 heavy (non-hydrogen) atoms. The Morgan fingerprint density at radius 2 is 2.00 bits per heavy atom. The van der Waals surface area contributed by atoms with Crippen LogP contribution >= 0.6 is 11.6 Å². The van der Waals surface area contributed by atoms with Crippen molar-refractivity contribution in [2.24, 2.45) is 0 Å². The Balaban J connectivity index is 2.64. The third kappa shape index (κ3) is 1.87. The Kier molecular flexibility index (Phi) is 2.54. The van der Waals surface area contributed by atoms with Crippen LogP contribution in [-0.2, 0) is 0 Å². The van der Waals surface area contributed by atoms with Crippen LogP contribution in [0.1, 0.15) is 12.8 Å². The molecule has 0 aliphatic heterocycles. The van der Waals surface area contributed by atoms with Crippen LogP contribution in [0.25, 0.3) is 0 Å². The van der Waals surface area contributed by atoms with Gasteiger partial charge in [0.2, 0.25) is 0 Å². The third-order valence-corrected chi connectivity index (χ3v) is 1.78. The van der Waals surface area contributed by atoms with Crippen molar-refractivity contribution >= 4 is 18.7 Å². The quantitative estimate of drug-likeness (QED) is 0.555. The summed E-state index contributed by atoms with van der Waals surface area (Å²) in [6, 6.07) is 0. The lowest BCUT2D eigenvalue weighted by Crippen LogP contribution is -2.16. The third-order valence-electron chi connectivity index (χ3n) is 1.46. The standard InChI is InChI=1S/C6H8BClO2/c8-6-3-1-5(2-4-6)7(9)10/h1,3,9-10H,2,4H2. The van der Waals surface area contributed by atoms with Gasteiger partial charge in [-0.2, -0.15) is 0 Å². The number of rotatable bonds is 1. The molecule has 0 heterocycles. The van der Waals surface area contributed by atoms with E-state index in [0.29, 0.717) is 18.3 Å². The van der Waals surface area contributed by atoms with E-state index in [-0.39, 0.29) is 0 Å². The lowest BCUT2D eigenvalue weighted by Gasteiger charge is -2.08. The van der Waals surface area contributed by atoms with Crippen molar-refractivity contribution in [2.75, 3.05) is 0 Å². The Hall–Kier alpha value is -0.245. The summed E-state index contributed by atoms with van der Waals surface area (Å²) in [4.78, 5) is 0. The molecule has 2 N–H and O–H groups in total. The predicted octanol–water partition coefficient (Wildman–Crippen LogP) is 0.841. The Bertz CT molecular complexity index is 186. The number of hydrogen-bond donors (Lipinski definition) is 2. The summed E-state index contributed by atoms with van der Waals surface area (Å²) in [7, 11) is -1.32. The first kappa shape index (κ1) is 7.86. The first-order valence-corrected chi connectivity index (χ1v) is 3.49. The first-order chi connectivity index (χ1) is 4.70. The van der Waals surface area contributed by atoms with Gasteiger partial charge in [-0.15, -0.1) is 0 Å². The van der Waals surface area contributed by atoms with Crippen LogP contribution in [-0.4, -0.2) is 17.2 Å². The summed E-state index contributed by atoms with van der Waals surface area (Å²) < 4.78 is 0. The molecule has 0 fully saturated rings. The fraction of sp³-hybridized carbons (Fsp3) is 0.333. The van der Waals surface area contributed by atoms with Crippen molar-refractivity contribution < 1.29 is 10.0 Å². The van der Waals surface area contributed by atoms with Crippen LogP contribution in [0.5, 0.6) is 0 Å². The summed E-state index contributed by atoms with van der Waals surface area (Å²) >= 11 is 5.64. The monoisotopic (exact) mass is 158 g/mol. The summed E-state index contributed by atoms with van der Waals surface area (Å²) in [6.45, 7) is 0. The second kappa shape index (κ2) is 3.24. The van der Waals surface area contributed by atoms with Crippen molar-refractivity contribution in [3.8, 4) is 0 Å². The Morgan fingerprint density at radius 1 is 1.30 bits per heavy atom. The van der Waals surface area contributed by atoms with E-state index in [1.54, 1.807) is 12.2 Å². The smallest absolute Gasteiger partial charge is 0.423 e. The van der Waals surface area contributed by atoms with Crippen molar-refractivity contribution in [1.82, 2.24) is 0 Å². The maximum atomic E-state index is 8.68. The van der Waals surface area contributed by atoms with E-state index >= 15 is 0 Å². The van der Waals surface area contributed by atoms with Gasteiger partial charge in [0.15, 0.2) is 0 Å². The van der Waals surface area contributed by atoms with E-state index in [4.69, 9.17) is 21.6 Å². The highest BCUT2D eigenvalue weighted by Crippen LogP contribution is 2.20. The van der Waals surface area contributed by atoms with E-state index in [9.17, 15) is 0 Å². The molecule has 1 aliphatic carbocycles. The van der Waals surface area contributed by atoms with E-state index in [1.807, 2.05) is 0 Å². The molecule has 54 valence electrons. The van der Waals surface area contributed by atoms with Gasteiger partial charge >= 0.3 is 7.12 Å². The maximum Gasteiger partial charge on any atom is 0.484 e. The molecule has 0 radical (unpaired) electrons. The van der Waals surface area contributed by atoms with Gasteiger partial charge < -0.3 is 10.0 Å². The number of halogens is 1. The predicted molar refractivity (Wildman–Crippen MR) is 41.4 cm³/mol.